The molecule has 1 unspecified atom stereocenters. The number of hydrogen-bond donors (Lipinski definition) is 3. The molecule has 186 valence electrons. The van der Waals surface area contributed by atoms with Gasteiger partial charge in [0, 0.05) is 12.1 Å². The molecule has 0 aliphatic heterocycles. The van der Waals surface area contributed by atoms with Gasteiger partial charge in [-0.25, -0.2) is 4.79 Å². The summed E-state index contributed by atoms with van der Waals surface area (Å²) in [5.74, 6) is 2.46. The number of amides is 1. The van der Waals surface area contributed by atoms with E-state index >= 15 is 0 Å². The number of benzene rings is 1. The van der Waals surface area contributed by atoms with Gasteiger partial charge in [0.2, 0.25) is 17.2 Å². The molecule has 1 aromatic heterocycles. The first-order valence-corrected chi connectivity index (χ1v) is 10.3. The average molecular weight is 495 g/mol. The van der Waals surface area contributed by atoms with Crippen LogP contribution in [0.5, 0.6) is 0 Å². The van der Waals surface area contributed by atoms with Gasteiger partial charge in [0.1, 0.15) is 11.6 Å². The van der Waals surface area contributed by atoms with Gasteiger partial charge in [0.15, 0.2) is 0 Å². The smallest absolute Gasteiger partial charge is 0.453 e. The second-order valence-corrected chi connectivity index (χ2v) is 8.33. The van der Waals surface area contributed by atoms with Crippen molar-refractivity contribution in [1.82, 2.24) is 9.75 Å². The van der Waals surface area contributed by atoms with Gasteiger partial charge >= 0.3 is 12.1 Å². The molecule has 0 aliphatic rings. The Balaban J connectivity index is 1.83. The maximum atomic E-state index is 13.1. The van der Waals surface area contributed by atoms with E-state index in [0.717, 1.165) is 6.07 Å². The molecule has 35 heavy (non-hydrogen) atoms. The van der Waals surface area contributed by atoms with Gasteiger partial charge in [-0.3, -0.25) is 14.4 Å². The van der Waals surface area contributed by atoms with Crippen molar-refractivity contribution in [3.05, 3.63) is 73.4 Å². The Morgan fingerprint density at radius 1 is 1.20 bits per heavy atom. The van der Waals surface area contributed by atoms with E-state index in [4.69, 9.17) is 5.84 Å². The maximum Gasteiger partial charge on any atom is 0.453 e. The van der Waals surface area contributed by atoms with Crippen molar-refractivity contribution in [1.29, 1.82) is 0 Å². The highest BCUT2D eigenvalue weighted by Gasteiger charge is 2.48. The summed E-state index contributed by atoms with van der Waals surface area (Å²) < 4.78 is 42.7. The SMILES string of the molecule is Cc1noc(C(F)(F)F)c1C(=O)Nc1ccc(CC(C(=O)O)[N@+](N)(c2cc(=O)c2=O)C(C)C)cc1. The van der Waals surface area contributed by atoms with Crippen LogP contribution in [-0.4, -0.2) is 34.2 Å². The molecule has 0 aliphatic carbocycles. The lowest BCUT2D eigenvalue weighted by atomic mass is 9.99. The average Bonchev–Trinajstić information content (AvgIpc) is 3.17. The fourth-order valence-corrected chi connectivity index (χ4v) is 3.79. The summed E-state index contributed by atoms with van der Waals surface area (Å²) in [5, 5.41) is 15.4. The Bertz CT molecular complexity index is 1340. The summed E-state index contributed by atoms with van der Waals surface area (Å²) in [5.41, 5.74) is -2.09. The monoisotopic (exact) mass is 495 g/mol. The molecular weight excluding hydrogens is 473 g/mol. The zero-order valence-electron chi connectivity index (χ0n) is 18.8. The van der Waals surface area contributed by atoms with Gasteiger partial charge in [0.25, 0.3) is 17.1 Å². The predicted molar refractivity (Wildman–Crippen MR) is 118 cm³/mol. The van der Waals surface area contributed by atoms with Crippen LogP contribution in [0.1, 0.15) is 41.2 Å². The lowest BCUT2D eigenvalue weighted by molar-refractivity contribution is -0.155. The van der Waals surface area contributed by atoms with E-state index in [9.17, 15) is 37.5 Å². The Labute approximate surface area is 196 Å². The van der Waals surface area contributed by atoms with Crippen molar-refractivity contribution in [2.45, 2.75) is 45.5 Å². The van der Waals surface area contributed by atoms with Crippen LogP contribution >= 0.6 is 0 Å². The van der Waals surface area contributed by atoms with Gasteiger partial charge < -0.3 is 14.9 Å². The number of aryl methyl sites for hydroxylation is 1. The van der Waals surface area contributed by atoms with E-state index in [-0.39, 0.29) is 23.5 Å². The van der Waals surface area contributed by atoms with Crippen LogP contribution in [0.2, 0.25) is 0 Å². The first kappa shape index (κ1) is 25.8. The molecule has 0 radical (unpaired) electrons. The Kier molecular flexibility index (Phi) is 6.68. The third kappa shape index (κ3) is 4.72. The molecule has 1 amide bonds. The summed E-state index contributed by atoms with van der Waals surface area (Å²) in [6.45, 7) is 4.44. The first-order chi connectivity index (χ1) is 16.2. The third-order valence-corrected chi connectivity index (χ3v) is 5.78. The van der Waals surface area contributed by atoms with E-state index < -0.39 is 56.9 Å². The van der Waals surface area contributed by atoms with Gasteiger partial charge in [-0.2, -0.15) is 23.6 Å². The molecule has 0 saturated carbocycles. The van der Waals surface area contributed by atoms with Crippen LogP contribution < -0.4 is 26.6 Å². The number of anilines is 1. The third-order valence-electron chi connectivity index (χ3n) is 5.78. The summed E-state index contributed by atoms with van der Waals surface area (Å²) in [6, 6.07) is 4.81. The van der Waals surface area contributed by atoms with E-state index in [1.54, 1.807) is 13.8 Å². The number of carbonyl (C=O) groups excluding carboxylic acids is 1. The highest BCUT2D eigenvalue weighted by molar-refractivity contribution is 6.05. The van der Waals surface area contributed by atoms with Crippen molar-refractivity contribution >= 4 is 23.3 Å². The van der Waals surface area contributed by atoms with Crippen LogP contribution in [0.4, 0.5) is 24.5 Å². The predicted octanol–water partition coefficient (Wildman–Crippen LogP) is 2.14. The molecule has 2 atom stereocenters. The Morgan fingerprint density at radius 3 is 2.26 bits per heavy atom. The Morgan fingerprint density at radius 2 is 1.80 bits per heavy atom. The number of quaternary nitrogens is 1. The topological polar surface area (TPSA) is 153 Å². The maximum absolute atomic E-state index is 13.1. The van der Waals surface area contributed by atoms with E-state index in [2.05, 4.69) is 15.0 Å². The molecule has 13 heteroatoms. The zero-order valence-corrected chi connectivity index (χ0v) is 18.8. The molecule has 1 heterocycles. The fraction of sp³-hybridized carbons (Fsp3) is 0.318. The van der Waals surface area contributed by atoms with Crippen LogP contribution in [0.25, 0.3) is 0 Å². The first-order valence-electron chi connectivity index (χ1n) is 10.3. The lowest BCUT2D eigenvalue weighted by Gasteiger charge is -2.40. The fourth-order valence-electron chi connectivity index (χ4n) is 3.79. The standard InChI is InChI=1S/C22H21F3N4O6/c1-10(2)29(26,14-9-16(30)18(14)31)15(21(33)34)8-12-4-6-13(7-5-12)27-20(32)17-11(3)28-35-19(17)22(23,24)25/h4-7,9-10,15H,8,26H2,1-3H3,(H-,27,32,33,34)/p+1/t15?,29-/m1/s1. The highest BCUT2D eigenvalue weighted by atomic mass is 19.4. The minimum Gasteiger partial charge on any atom is -0.477 e. The number of aliphatic carboxylic acids is 1. The number of nitrogens with zero attached hydrogens (tertiary/aromatic N) is 2. The van der Waals surface area contributed by atoms with E-state index in [0.29, 0.717) is 5.56 Å². The lowest BCUT2D eigenvalue weighted by Crippen LogP contribution is -2.72. The molecule has 0 saturated heterocycles. The van der Waals surface area contributed by atoms with E-state index in [1.807, 2.05) is 0 Å². The van der Waals surface area contributed by atoms with Gasteiger partial charge in [-0.1, -0.05) is 17.3 Å². The molecule has 2 aromatic carbocycles. The number of carbonyl (C=O) groups is 2. The summed E-state index contributed by atoms with van der Waals surface area (Å²) in [7, 11) is 0. The van der Waals surface area contributed by atoms with Gasteiger partial charge in [-0.05, 0) is 38.5 Å². The van der Waals surface area contributed by atoms with Crippen LogP contribution in [0.3, 0.4) is 0 Å². The number of rotatable bonds is 8. The van der Waals surface area contributed by atoms with Crippen molar-refractivity contribution in [2.24, 2.45) is 5.84 Å². The number of alkyl halides is 3. The normalized spacial score (nSPS) is 14.6. The quantitative estimate of drug-likeness (QED) is 0.186. The number of carboxylic acid groups (broad SMARTS) is 1. The second-order valence-electron chi connectivity index (χ2n) is 8.33. The number of halogens is 3. The molecule has 10 nitrogen and oxygen atoms in total. The number of aromatic nitrogens is 1. The molecular formula is C22H22F3N4O6+. The van der Waals surface area contributed by atoms with Crippen molar-refractivity contribution in [3.63, 3.8) is 0 Å². The minimum atomic E-state index is -4.91. The highest BCUT2D eigenvalue weighted by Crippen LogP contribution is 2.33. The summed E-state index contributed by atoms with van der Waals surface area (Å²) in [4.78, 5) is 48.0. The summed E-state index contributed by atoms with van der Waals surface area (Å²) in [6.07, 6.45) is -5.05. The van der Waals surface area contributed by atoms with Crippen molar-refractivity contribution in [2.75, 3.05) is 5.32 Å². The zero-order chi connectivity index (χ0) is 26.3. The second kappa shape index (κ2) is 9.07. The van der Waals surface area contributed by atoms with Gasteiger partial charge in [-0.15, -0.1) is 0 Å². The van der Waals surface area contributed by atoms with Crippen LogP contribution in [-0.2, 0) is 17.4 Å². The number of nitrogens with two attached hydrogens (primary N) is 1. The Hall–Kier alpha value is -3.84. The van der Waals surface area contributed by atoms with E-state index in [1.165, 1.54) is 31.2 Å². The largest absolute Gasteiger partial charge is 0.477 e. The molecule has 4 N–H and O–H groups in total. The summed E-state index contributed by atoms with van der Waals surface area (Å²) >= 11 is 0. The van der Waals surface area contributed by atoms with Crippen LogP contribution in [0.15, 0.2) is 44.4 Å². The minimum absolute atomic E-state index is 0.106. The molecule has 3 aromatic rings. The van der Waals surface area contributed by atoms with Crippen LogP contribution in [0, 0.1) is 6.92 Å². The number of carboxylic acids is 1. The van der Waals surface area contributed by atoms with Crippen molar-refractivity contribution < 1.29 is 32.4 Å². The molecule has 0 spiro atoms. The molecule has 0 fully saturated rings. The molecule has 3 rings (SSSR count). The number of hydrogen-bond acceptors (Lipinski definition) is 7. The van der Waals surface area contributed by atoms with Gasteiger partial charge in [0.05, 0.1) is 11.8 Å². The van der Waals surface area contributed by atoms with Crippen molar-refractivity contribution in [3.8, 4) is 0 Å². The number of nitrogens with one attached hydrogen (secondary N) is 1. The molecule has 0 bridgehead atoms.